The quantitative estimate of drug-likeness (QED) is 0.277. The van der Waals surface area contributed by atoms with E-state index in [9.17, 15) is 0 Å². The van der Waals surface area contributed by atoms with E-state index < -0.39 is 0 Å². The first kappa shape index (κ1) is 18.7. The molecule has 0 atom stereocenters. The highest BCUT2D eigenvalue weighted by Crippen LogP contribution is 2.26. The molecule has 7 heteroatoms. The fourth-order valence-electron chi connectivity index (χ4n) is 2.59. The highest BCUT2D eigenvalue weighted by molar-refractivity contribution is 7.22. The Morgan fingerprint density at radius 2 is 1.86 bits per heavy atom. The third-order valence-corrected chi connectivity index (χ3v) is 5.50. The Morgan fingerprint density at radius 3 is 2.71 bits per heavy atom. The van der Waals surface area contributed by atoms with Crippen LogP contribution in [0.1, 0.15) is 11.1 Å². The van der Waals surface area contributed by atoms with Crippen LogP contribution in [-0.4, -0.2) is 11.2 Å². The van der Waals surface area contributed by atoms with Gasteiger partial charge in [-0.1, -0.05) is 64.9 Å². The lowest BCUT2D eigenvalue weighted by molar-refractivity contribution is 0.306. The van der Waals surface area contributed by atoms with Gasteiger partial charge < -0.3 is 4.74 Å². The maximum absolute atomic E-state index is 6.21. The summed E-state index contributed by atoms with van der Waals surface area (Å²) < 4.78 is 7.05. The van der Waals surface area contributed by atoms with Gasteiger partial charge in [-0.15, -0.1) is 0 Å². The number of hydrazone groups is 1. The Morgan fingerprint density at radius 1 is 1.04 bits per heavy atom. The first-order valence-corrected chi connectivity index (χ1v) is 10.1. The highest BCUT2D eigenvalue weighted by Gasteiger charge is 2.06. The van der Waals surface area contributed by atoms with E-state index in [1.54, 1.807) is 29.7 Å². The van der Waals surface area contributed by atoms with Gasteiger partial charge in [-0.3, -0.25) is 5.43 Å². The van der Waals surface area contributed by atoms with Crippen molar-refractivity contribution in [2.45, 2.75) is 6.61 Å². The van der Waals surface area contributed by atoms with Crippen molar-refractivity contribution in [1.82, 2.24) is 4.98 Å². The van der Waals surface area contributed by atoms with Crippen molar-refractivity contribution in [3.63, 3.8) is 0 Å². The average Bonchev–Trinajstić information content (AvgIpc) is 3.11. The van der Waals surface area contributed by atoms with E-state index in [1.807, 2.05) is 54.6 Å². The van der Waals surface area contributed by atoms with Gasteiger partial charge in [0.1, 0.15) is 12.4 Å². The minimum absolute atomic E-state index is 0.339. The van der Waals surface area contributed by atoms with Crippen molar-refractivity contribution in [1.29, 1.82) is 0 Å². The van der Waals surface area contributed by atoms with Gasteiger partial charge in [-0.25, -0.2) is 4.98 Å². The van der Waals surface area contributed by atoms with Crippen LogP contribution >= 0.6 is 34.5 Å². The number of benzene rings is 3. The van der Waals surface area contributed by atoms with Crippen LogP contribution in [0.3, 0.4) is 0 Å². The Kier molecular flexibility index (Phi) is 5.76. The van der Waals surface area contributed by atoms with Gasteiger partial charge in [-0.2, -0.15) is 5.10 Å². The minimum Gasteiger partial charge on any atom is -0.488 e. The van der Waals surface area contributed by atoms with Gasteiger partial charge in [0.25, 0.3) is 0 Å². The van der Waals surface area contributed by atoms with E-state index in [1.165, 1.54) is 0 Å². The van der Waals surface area contributed by atoms with E-state index in [4.69, 9.17) is 27.9 Å². The summed E-state index contributed by atoms with van der Waals surface area (Å²) in [5.41, 5.74) is 5.65. The molecule has 0 saturated heterocycles. The molecule has 4 aromatic rings. The van der Waals surface area contributed by atoms with Crippen LogP contribution < -0.4 is 10.2 Å². The predicted molar refractivity (Wildman–Crippen MR) is 118 cm³/mol. The van der Waals surface area contributed by atoms with Crippen LogP contribution in [0.15, 0.2) is 71.8 Å². The average molecular weight is 428 g/mol. The molecule has 0 bridgehead atoms. The Bertz CT molecular complexity index is 1110. The smallest absolute Gasteiger partial charge is 0.204 e. The van der Waals surface area contributed by atoms with Crippen molar-refractivity contribution >= 4 is 56.1 Å². The summed E-state index contributed by atoms with van der Waals surface area (Å²) in [4.78, 5) is 4.50. The van der Waals surface area contributed by atoms with Crippen molar-refractivity contribution < 1.29 is 4.74 Å². The van der Waals surface area contributed by atoms with Crippen LogP contribution in [0.2, 0.25) is 10.0 Å². The van der Waals surface area contributed by atoms with E-state index >= 15 is 0 Å². The van der Waals surface area contributed by atoms with E-state index in [0.717, 1.165) is 26.5 Å². The van der Waals surface area contributed by atoms with Gasteiger partial charge >= 0.3 is 0 Å². The lowest BCUT2D eigenvalue weighted by Gasteiger charge is -2.10. The molecule has 0 aliphatic carbocycles. The zero-order valence-electron chi connectivity index (χ0n) is 14.6. The number of nitrogens with zero attached hydrogens (tertiary/aromatic N) is 2. The topological polar surface area (TPSA) is 46.5 Å². The molecule has 0 aliphatic heterocycles. The third-order valence-electron chi connectivity index (χ3n) is 3.98. The number of nitrogens with one attached hydrogen (secondary N) is 1. The number of hydrogen-bond donors (Lipinski definition) is 1. The molecule has 140 valence electrons. The summed E-state index contributed by atoms with van der Waals surface area (Å²) in [5, 5.41) is 6.22. The Hall–Kier alpha value is -2.60. The standard InChI is InChI=1S/C21H15Cl2N3OS/c22-16-10-9-15(17(23)11-16)13-27-19-7-3-1-5-14(19)12-24-26-21-25-18-6-2-4-8-20(18)28-21/h1-12H,13H2,(H,25,26)/b24-12+. The zero-order valence-corrected chi connectivity index (χ0v) is 16.9. The van der Waals surface area contributed by atoms with Gasteiger partial charge in [0.05, 0.1) is 16.4 Å². The summed E-state index contributed by atoms with van der Waals surface area (Å²) in [6.45, 7) is 0.339. The second-order valence-electron chi connectivity index (χ2n) is 5.92. The number of fused-ring (bicyclic) bond motifs is 1. The van der Waals surface area contributed by atoms with E-state index in [0.29, 0.717) is 22.4 Å². The van der Waals surface area contributed by atoms with Crippen LogP contribution in [-0.2, 0) is 6.61 Å². The molecule has 0 radical (unpaired) electrons. The molecule has 0 amide bonds. The number of para-hydroxylation sites is 2. The predicted octanol–water partition coefficient (Wildman–Crippen LogP) is 6.63. The zero-order chi connectivity index (χ0) is 19.3. The summed E-state index contributed by atoms with van der Waals surface area (Å²) >= 11 is 13.7. The monoisotopic (exact) mass is 427 g/mol. The number of rotatable bonds is 6. The third kappa shape index (κ3) is 4.44. The second-order valence-corrected chi connectivity index (χ2v) is 7.79. The summed E-state index contributed by atoms with van der Waals surface area (Å²) in [6.07, 6.45) is 1.71. The molecule has 0 unspecified atom stereocenters. The number of thiazole rings is 1. The van der Waals surface area contributed by atoms with Gasteiger partial charge in [0.15, 0.2) is 0 Å². The molecule has 4 rings (SSSR count). The van der Waals surface area contributed by atoms with Crippen molar-refractivity contribution in [2.24, 2.45) is 5.10 Å². The Balaban J connectivity index is 1.45. The maximum Gasteiger partial charge on any atom is 0.204 e. The number of ether oxygens (including phenoxy) is 1. The van der Waals surface area contributed by atoms with Crippen molar-refractivity contribution in [3.05, 3.63) is 87.9 Å². The number of aromatic nitrogens is 1. The number of halogens is 2. The summed E-state index contributed by atoms with van der Waals surface area (Å²) in [7, 11) is 0. The molecule has 1 heterocycles. The van der Waals surface area contributed by atoms with E-state index in [2.05, 4.69) is 15.5 Å². The van der Waals surface area contributed by atoms with Crippen molar-refractivity contribution in [3.8, 4) is 5.75 Å². The molecule has 1 aromatic heterocycles. The lowest BCUT2D eigenvalue weighted by Crippen LogP contribution is -1.99. The van der Waals surface area contributed by atoms with Crippen molar-refractivity contribution in [2.75, 3.05) is 5.43 Å². The molecule has 4 nitrogen and oxygen atoms in total. The van der Waals surface area contributed by atoms with Gasteiger partial charge in [0, 0.05) is 21.2 Å². The first-order chi connectivity index (χ1) is 13.7. The molecular weight excluding hydrogens is 413 g/mol. The van der Waals surface area contributed by atoms with Crippen LogP contribution in [0, 0.1) is 0 Å². The lowest BCUT2D eigenvalue weighted by atomic mass is 10.2. The SMILES string of the molecule is Clc1ccc(COc2ccccc2/C=N/Nc2nc3ccccc3s2)c(Cl)c1. The maximum atomic E-state index is 6.21. The highest BCUT2D eigenvalue weighted by atomic mass is 35.5. The minimum atomic E-state index is 0.339. The number of anilines is 1. The molecule has 3 aromatic carbocycles. The number of hydrogen-bond acceptors (Lipinski definition) is 5. The van der Waals surface area contributed by atoms with Gasteiger partial charge in [0.2, 0.25) is 5.13 Å². The summed E-state index contributed by atoms with van der Waals surface area (Å²) in [5.74, 6) is 0.711. The molecule has 0 spiro atoms. The molecule has 1 N–H and O–H groups in total. The molecule has 0 saturated carbocycles. The second kappa shape index (κ2) is 8.61. The normalized spacial score (nSPS) is 11.2. The largest absolute Gasteiger partial charge is 0.488 e. The molecular formula is C21H15Cl2N3OS. The van der Waals surface area contributed by atoms with Gasteiger partial charge in [-0.05, 0) is 36.4 Å². The molecule has 0 fully saturated rings. The van der Waals surface area contributed by atoms with Crippen LogP contribution in [0.4, 0.5) is 5.13 Å². The molecule has 0 aliphatic rings. The first-order valence-electron chi connectivity index (χ1n) is 8.49. The molecule has 28 heavy (non-hydrogen) atoms. The van der Waals surface area contributed by atoms with E-state index in [-0.39, 0.29) is 0 Å². The fourth-order valence-corrected chi connectivity index (χ4v) is 3.87. The fraction of sp³-hybridized carbons (Fsp3) is 0.0476. The Labute approximate surface area is 176 Å². The summed E-state index contributed by atoms with van der Waals surface area (Å²) in [6, 6.07) is 21.0. The van der Waals surface area contributed by atoms with Crippen LogP contribution in [0.25, 0.3) is 10.2 Å². The van der Waals surface area contributed by atoms with Crippen LogP contribution in [0.5, 0.6) is 5.75 Å².